The molecule has 0 aromatic heterocycles. The zero-order chi connectivity index (χ0) is 13.0. The molecule has 0 bridgehead atoms. The standard InChI is InChI=1S/C17H16.2ClH.Zr/c1-10-7-14-13(4)9-15-11(2)5-6-12(3)17(15)16(14)8-10;;;/h5-6,8H,4,9H2,1-3H3;2*1H;/q;;;+2/p-2. The number of aryl methyl sites for hydroxylation is 2. The van der Waals surface area contributed by atoms with E-state index in [9.17, 15) is 0 Å². The number of hydrogen-bond acceptors (Lipinski definition) is 0. The van der Waals surface area contributed by atoms with Crippen molar-refractivity contribution in [3.8, 4) is 0 Å². The third kappa shape index (κ3) is 2.49. The van der Waals surface area contributed by atoms with Gasteiger partial charge in [0.2, 0.25) is 0 Å². The molecule has 3 heteroatoms. The van der Waals surface area contributed by atoms with Crippen LogP contribution in [-0.4, -0.2) is 3.21 Å². The first-order valence-electron chi connectivity index (χ1n) is 6.30. The molecule has 1 aromatic carbocycles. The summed E-state index contributed by atoms with van der Waals surface area (Å²) >= 11 is 1.50. The predicted molar refractivity (Wildman–Crippen MR) is 74.4 cm³/mol. The first-order valence-corrected chi connectivity index (χ1v) is 7.53. The molecule has 2 aliphatic carbocycles. The number of allylic oxidation sites excluding steroid dienone is 5. The third-order valence-corrected chi connectivity index (χ3v) is 5.63. The summed E-state index contributed by atoms with van der Waals surface area (Å²) in [6.45, 7) is 11.0. The van der Waals surface area contributed by atoms with Gasteiger partial charge in [0.15, 0.2) is 0 Å². The van der Waals surface area contributed by atoms with Gasteiger partial charge in [-0.2, -0.15) is 0 Å². The van der Waals surface area contributed by atoms with Crippen LogP contribution in [0.1, 0.15) is 29.2 Å². The largest absolute Gasteiger partial charge is 1.00 e. The molecule has 0 nitrogen and oxygen atoms in total. The topological polar surface area (TPSA) is 0 Å². The quantitative estimate of drug-likeness (QED) is 0.481. The summed E-state index contributed by atoms with van der Waals surface area (Å²) < 4.78 is 1.49. The van der Waals surface area contributed by atoms with Crippen LogP contribution in [0, 0.1) is 13.8 Å². The SMILES string of the molecule is C=C1Cc2c(C)ccc(C)c2C2=C1[C](=[Zr+2])C(C)=C2.[Cl-].[Cl-]. The second-order valence-corrected chi connectivity index (χ2v) is 6.55. The Labute approximate surface area is 148 Å². The summed E-state index contributed by atoms with van der Waals surface area (Å²) in [5, 5.41) is 0. The molecule has 0 atom stereocenters. The zero-order valence-corrected chi connectivity index (χ0v) is 15.9. The van der Waals surface area contributed by atoms with Gasteiger partial charge in [0.1, 0.15) is 0 Å². The second-order valence-electron chi connectivity index (χ2n) is 5.32. The van der Waals surface area contributed by atoms with Gasteiger partial charge in [0, 0.05) is 0 Å². The number of hydrogen-bond donors (Lipinski definition) is 0. The monoisotopic (exact) mass is 380 g/mol. The molecule has 0 fully saturated rings. The van der Waals surface area contributed by atoms with Crippen molar-refractivity contribution in [2.24, 2.45) is 0 Å². The molecule has 0 saturated carbocycles. The third-order valence-electron chi connectivity index (χ3n) is 4.04. The smallest absolute Gasteiger partial charge is 1.00 e. The fourth-order valence-electron chi connectivity index (χ4n) is 3.03. The van der Waals surface area contributed by atoms with E-state index in [1.165, 1.54) is 72.0 Å². The Bertz CT molecular complexity index is 678. The molecule has 0 spiro atoms. The van der Waals surface area contributed by atoms with E-state index < -0.39 is 0 Å². The van der Waals surface area contributed by atoms with Crippen molar-refractivity contribution < 1.29 is 49.0 Å². The first kappa shape index (κ1) is 17.8. The van der Waals surface area contributed by atoms with Crippen LogP contribution in [0.4, 0.5) is 0 Å². The fraction of sp³-hybridized carbons (Fsp3) is 0.235. The van der Waals surface area contributed by atoms with E-state index in [1.807, 2.05) is 0 Å². The number of benzene rings is 1. The summed E-state index contributed by atoms with van der Waals surface area (Å²) in [5.41, 5.74) is 11.3. The van der Waals surface area contributed by atoms with Crippen LogP contribution >= 0.6 is 0 Å². The maximum atomic E-state index is 4.31. The van der Waals surface area contributed by atoms with Gasteiger partial charge in [-0.1, -0.05) is 0 Å². The molecule has 1 aromatic rings. The summed E-state index contributed by atoms with van der Waals surface area (Å²) in [6.07, 6.45) is 3.37. The minimum Gasteiger partial charge on any atom is -1.00 e. The number of rotatable bonds is 0. The van der Waals surface area contributed by atoms with Gasteiger partial charge < -0.3 is 24.8 Å². The molecule has 3 rings (SSSR count). The average Bonchev–Trinajstić information content (AvgIpc) is 2.61. The molecule has 20 heavy (non-hydrogen) atoms. The molecule has 0 radical (unpaired) electrons. The summed E-state index contributed by atoms with van der Waals surface area (Å²) in [4.78, 5) is 0. The van der Waals surface area contributed by atoms with E-state index in [0.717, 1.165) is 6.42 Å². The van der Waals surface area contributed by atoms with Crippen LogP contribution in [0.25, 0.3) is 5.57 Å². The van der Waals surface area contributed by atoms with Crippen LogP contribution in [0.5, 0.6) is 0 Å². The molecule has 0 N–H and O–H groups in total. The Morgan fingerprint density at radius 1 is 1.05 bits per heavy atom. The maximum absolute atomic E-state index is 4.31. The Kier molecular flexibility index (Phi) is 5.58. The molecular formula is C17H16Cl2Zr. The Morgan fingerprint density at radius 2 is 1.65 bits per heavy atom. The van der Waals surface area contributed by atoms with Gasteiger partial charge in [0.25, 0.3) is 0 Å². The zero-order valence-electron chi connectivity index (χ0n) is 11.9. The van der Waals surface area contributed by atoms with Crippen molar-refractivity contribution in [2.75, 3.05) is 0 Å². The molecule has 0 saturated heterocycles. The Morgan fingerprint density at radius 3 is 2.30 bits per heavy atom. The van der Waals surface area contributed by atoms with Gasteiger partial charge in [-0.25, -0.2) is 0 Å². The van der Waals surface area contributed by atoms with Crippen molar-refractivity contribution in [3.05, 3.63) is 63.8 Å². The molecule has 102 valence electrons. The van der Waals surface area contributed by atoms with Crippen LogP contribution in [0.15, 0.2) is 41.5 Å². The first-order chi connectivity index (χ1) is 8.50. The van der Waals surface area contributed by atoms with Crippen LogP contribution in [0.2, 0.25) is 0 Å². The molecule has 0 unspecified atom stereocenters. The van der Waals surface area contributed by atoms with Gasteiger partial charge >= 0.3 is 124 Å². The van der Waals surface area contributed by atoms with E-state index in [-0.39, 0.29) is 24.8 Å². The van der Waals surface area contributed by atoms with Gasteiger partial charge in [-0.3, -0.25) is 0 Å². The second kappa shape index (κ2) is 6.26. The van der Waals surface area contributed by atoms with Crippen LogP contribution in [0.3, 0.4) is 0 Å². The summed E-state index contributed by atoms with van der Waals surface area (Å²) in [7, 11) is 0. The number of halogens is 2. The minimum absolute atomic E-state index is 0. The maximum Gasteiger partial charge on any atom is -1.00 e. The van der Waals surface area contributed by atoms with E-state index in [4.69, 9.17) is 0 Å². The fourth-order valence-corrected chi connectivity index (χ4v) is 3.97. The molecular weight excluding hydrogens is 366 g/mol. The van der Waals surface area contributed by atoms with Crippen LogP contribution < -0.4 is 24.8 Å². The van der Waals surface area contributed by atoms with E-state index in [1.54, 1.807) is 0 Å². The summed E-state index contributed by atoms with van der Waals surface area (Å²) in [6, 6.07) is 4.48. The van der Waals surface area contributed by atoms with Crippen LogP contribution in [-0.2, 0) is 30.7 Å². The van der Waals surface area contributed by atoms with Gasteiger partial charge in [0.05, 0.1) is 0 Å². The van der Waals surface area contributed by atoms with Gasteiger partial charge in [-0.15, -0.1) is 0 Å². The van der Waals surface area contributed by atoms with Crippen molar-refractivity contribution in [3.63, 3.8) is 0 Å². The Balaban J connectivity index is 0.000001000. The van der Waals surface area contributed by atoms with Crippen molar-refractivity contribution in [2.45, 2.75) is 27.2 Å². The average molecular weight is 382 g/mol. The Hall–Kier alpha value is -0.227. The predicted octanol–water partition coefficient (Wildman–Crippen LogP) is -2.14. The van der Waals surface area contributed by atoms with E-state index in [0.29, 0.717) is 0 Å². The minimum atomic E-state index is 0. The number of fused-ring (bicyclic) bond motifs is 2. The van der Waals surface area contributed by atoms with Crippen molar-refractivity contribution in [1.29, 1.82) is 0 Å². The van der Waals surface area contributed by atoms with Crippen molar-refractivity contribution in [1.82, 2.24) is 0 Å². The molecule has 0 aliphatic heterocycles. The van der Waals surface area contributed by atoms with E-state index in [2.05, 4.69) is 45.6 Å². The van der Waals surface area contributed by atoms with Gasteiger partial charge in [-0.05, 0) is 0 Å². The normalized spacial score (nSPS) is 16.1. The molecule has 2 aliphatic rings. The molecule has 0 amide bonds. The summed E-state index contributed by atoms with van der Waals surface area (Å²) in [5.74, 6) is 0. The van der Waals surface area contributed by atoms with E-state index >= 15 is 0 Å². The molecule has 0 heterocycles. The van der Waals surface area contributed by atoms with Crippen molar-refractivity contribution >= 4 is 8.78 Å².